The maximum absolute atomic E-state index is 12.8. The van der Waals surface area contributed by atoms with E-state index < -0.39 is 5.92 Å². The highest BCUT2D eigenvalue weighted by Crippen LogP contribution is 2.33. The minimum absolute atomic E-state index is 0.0828. The average molecular weight is 393 g/mol. The Balaban J connectivity index is 0. The topological polar surface area (TPSA) is 23.6 Å². The Hall–Kier alpha value is -0.710. The lowest BCUT2D eigenvalue weighted by atomic mass is 9.98. The van der Waals surface area contributed by atoms with Gasteiger partial charge in [0.25, 0.3) is 5.92 Å². The monoisotopic (exact) mass is 392 g/mol. The normalized spacial score (nSPS) is 19.7. The van der Waals surface area contributed by atoms with Gasteiger partial charge < -0.3 is 9.80 Å². The van der Waals surface area contributed by atoms with Gasteiger partial charge in [0.1, 0.15) is 0 Å². The Morgan fingerprint density at radius 1 is 1.00 bits per heavy atom. The van der Waals surface area contributed by atoms with E-state index in [-0.39, 0.29) is 18.9 Å². The molecule has 0 bridgehead atoms. The zero-order valence-corrected chi connectivity index (χ0v) is 19.3. The molecule has 1 aliphatic carbocycles. The molecule has 0 spiro atoms. The molecule has 1 saturated heterocycles. The van der Waals surface area contributed by atoms with Crippen LogP contribution in [-0.4, -0.2) is 53.9 Å². The smallest absolute Gasteiger partial charge is 0.265 e. The van der Waals surface area contributed by atoms with Crippen LogP contribution in [0, 0.1) is 0 Å². The molecule has 2 fully saturated rings. The van der Waals surface area contributed by atoms with E-state index in [1.54, 1.807) is 6.92 Å². The van der Waals surface area contributed by atoms with E-state index in [2.05, 4.69) is 25.8 Å². The zero-order chi connectivity index (χ0) is 21.5. The zero-order valence-electron chi connectivity index (χ0n) is 19.3. The van der Waals surface area contributed by atoms with Crippen molar-refractivity contribution < 1.29 is 13.6 Å². The number of piperidine rings is 1. The summed E-state index contributed by atoms with van der Waals surface area (Å²) in [4.78, 5) is 14.8. The molecule has 0 unspecified atom stereocenters. The largest absolute Gasteiger partial charge is 0.337 e. The van der Waals surface area contributed by atoms with Gasteiger partial charge in [-0.3, -0.25) is 4.79 Å². The van der Waals surface area contributed by atoms with E-state index in [4.69, 9.17) is 0 Å². The van der Waals surface area contributed by atoms with Crippen LogP contribution in [0.1, 0.15) is 99.8 Å². The molecule has 1 heterocycles. The molecule has 1 amide bonds. The average Bonchev–Trinajstić information content (AvgIpc) is 3.12. The van der Waals surface area contributed by atoms with Crippen molar-refractivity contribution in [3.63, 3.8) is 0 Å². The lowest BCUT2D eigenvalue weighted by Crippen LogP contribution is -2.45. The van der Waals surface area contributed by atoms with E-state index in [0.29, 0.717) is 24.9 Å². The van der Waals surface area contributed by atoms with E-state index >= 15 is 0 Å². The van der Waals surface area contributed by atoms with Crippen LogP contribution in [0.3, 0.4) is 0 Å². The maximum atomic E-state index is 12.8. The van der Waals surface area contributed by atoms with Crippen molar-refractivity contribution in [3.8, 4) is 0 Å². The maximum Gasteiger partial charge on any atom is 0.265 e. The van der Waals surface area contributed by atoms with E-state index in [1.165, 1.54) is 43.5 Å². The summed E-state index contributed by atoms with van der Waals surface area (Å²) in [5.74, 6) is -2.84. The summed E-state index contributed by atoms with van der Waals surface area (Å²) in [6.07, 6.45) is 7.61. The lowest BCUT2D eigenvalue weighted by Gasteiger charge is -2.35. The SMILES string of the molecule is CC.CC.CCC(=O)N1CCCC(F)(F)C1.CCCN(C)C1(C)CCCC1. The number of amides is 1. The third-order valence-electron chi connectivity index (χ3n) is 5.21. The molecular formula is C22H46F2N2O. The first kappa shape index (κ1) is 28.5. The van der Waals surface area contributed by atoms with Crippen LogP contribution >= 0.6 is 0 Å². The van der Waals surface area contributed by atoms with Crippen molar-refractivity contribution in [2.24, 2.45) is 0 Å². The van der Waals surface area contributed by atoms with Gasteiger partial charge in [0.15, 0.2) is 0 Å². The predicted octanol–water partition coefficient (Wildman–Crippen LogP) is 6.37. The van der Waals surface area contributed by atoms with E-state index in [0.717, 1.165) is 0 Å². The molecule has 2 rings (SSSR count). The molecule has 1 aliphatic heterocycles. The van der Waals surface area contributed by atoms with Gasteiger partial charge in [-0.25, -0.2) is 8.78 Å². The van der Waals surface area contributed by atoms with E-state index in [9.17, 15) is 13.6 Å². The van der Waals surface area contributed by atoms with Crippen LogP contribution in [0.25, 0.3) is 0 Å². The first-order valence-electron chi connectivity index (χ1n) is 11.1. The highest BCUT2D eigenvalue weighted by molar-refractivity contribution is 5.75. The Labute approximate surface area is 167 Å². The summed E-state index contributed by atoms with van der Waals surface area (Å²) < 4.78 is 25.5. The second-order valence-electron chi connectivity index (χ2n) is 7.25. The molecule has 0 aromatic rings. The van der Waals surface area contributed by atoms with Gasteiger partial charge in [-0.15, -0.1) is 0 Å². The minimum Gasteiger partial charge on any atom is -0.337 e. The van der Waals surface area contributed by atoms with Crippen LogP contribution in [-0.2, 0) is 4.79 Å². The Kier molecular flexibility index (Phi) is 16.1. The van der Waals surface area contributed by atoms with Crippen LogP contribution in [0.2, 0.25) is 0 Å². The number of hydrogen-bond donors (Lipinski definition) is 0. The lowest BCUT2D eigenvalue weighted by molar-refractivity contribution is -0.141. The van der Waals surface area contributed by atoms with E-state index in [1.807, 2.05) is 27.7 Å². The molecule has 5 heteroatoms. The Bertz CT molecular complexity index is 369. The summed E-state index contributed by atoms with van der Waals surface area (Å²) in [5.41, 5.74) is 0.538. The summed E-state index contributed by atoms with van der Waals surface area (Å²) in [6.45, 7) is 15.7. The fraction of sp³-hybridized carbons (Fsp3) is 0.955. The molecule has 1 saturated carbocycles. The van der Waals surface area contributed by atoms with Gasteiger partial charge in [-0.2, -0.15) is 0 Å². The Morgan fingerprint density at radius 2 is 1.52 bits per heavy atom. The molecule has 2 aliphatic rings. The van der Waals surface area contributed by atoms with Gasteiger partial charge in [0.05, 0.1) is 6.54 Å². The highest BCUT2D eigenvalue weighted by Gasteiger charge is 2.36. The molecule has 0 atom stereocenters. The molecule has 0 radical (unpaired) electrons. The molecule has 0 aromatic heterocycles. The molecular weight excluding hydrogens is 346 g/mol. The van der Waals surface area contributed by atoms with Gasteiger partial charge in [0.2, 0.25) is 5.91 Å². The molecule has 27 heavy (non-hydrogen) atoms. The second kappa shape index (κ2) is 15.2. The number of rotatable bonds is 4. The van der Waals surface area contributed by atoms with Crippen molar-refractivity contribution >= 4 is 5.91 Å². The van der Waals surface area contributed by atoms with Crippen LogP contribution in [0.5, 0.6) is 0 Å². The van der Waals surface area contributed by atoms with Crippen LogP contribution in [0.4, 0.5) is 8.78 Å². The van der Waals surface area contributed by atoms with Crippen molar-refractivity contribution in [1.82, 2.24) is 9.80 Å². The molecule has 0 N–H and O–H groups in total. The second-order valence-corrected chi connectivity index (χ2v) is 7.25. The number of halogens is 2. The fourth-order valence-electron chi connectivity index (χ4n) is 3.53. The van der Waals surface area contributed by atoms with Crippen molar-refractivity contribution in [3.05, 3.63) is 0 Å². The Morgan fingerprint density at radius 3 is 1.93 bits per heavy atom. The highest BCUT2D eigenvalue weighted by atomic mass is 19.3. The molecule has 3 nitrogen and oxygen atoms in total. The number of hydrogen-bond acceptors (Lipinski definition) is 2. The number of likely N-dealkylation sites (tertiary alicyclic amines) is 1. The number of carbonyl (C=O) groups is 1. The summed E-state index contributed by atoms with van der Waals surface area (Å²) >= 11 is 0. The van der Waals surface area contributed by atoms with Gasteiger partial charge in [-0.05, 0) is 46.2 Å². The van der Waals surface area contributed by atoms with Crippen LogP contribution in [0.15, 0.2) is 0 Å². The third kappa shape index (κ3) is 11.0. The van der Waals surface area contributed by atoms with Gasteiger partial charge in [-0.1, -0.05) is 54.4 Å². The summed E-state index contributed by atoms with van der Waals surface area (Å²) in [5, 5.41) is 0. The quantitative estimate of drug-likeness (QED) is 0.555. The minimum atomic E-state index is -2.66. The van der Waals surface area contributed by atoms with Crippen molar-refractivity contribution in [1.29, 1.82) is 0 Å². The predicted molar refractivity (Wildman–Crippen MR) is 114 cm³/mol. The number of alkyl halides is 2. The first-order valence-corrected chi connectivity index (χ1v) is 11.1. The standard InChI is InChI=1S/C10H21N.C8H13F2NO.2C2H6/c1-4-9-11(3)10(2)7-5-6-8-10;1-2-7(12)11-5-3-4-8(9,10)6-11;2*1-2/h4-9H2,1-3H3;2-6H2,1H3;2*1-2H3. The van der Waals surface area contributed by atoms with Crippen molar-refractivity contribution in [2.75, 3.05) is 26.7 Å². The van der Waals surface area contributed by atoms with Gasteiger partial charge >= 0.3 is 0 Å². The number of carbonyl (C=O) groups excluding carboxylic acids is 1. The summed E-state index contributed by atoms with van der Waals surface area (Å²) in [7, 11) is 2.27. The summed E-state index contributed by atoms with van der Waals surface area (Å²) in [6, 6.07) is 0. The first-order chi connectivity index (χ1) is 12.7. The van der Waals surface area contributed by atoms with Gasteiger partial charge in [0, 0.05) is 24.9 Å². The fourth-order valence-corrected chi connectivity index (χ4v) is 3.53. The third-order valence-corrected chi connectivity index (χ3v) is 5.21. The molecule has 164 valence electrons. The number of nitrogens with zero attached hydrogens (tertiary/aromatic N) is 2. The molecule has 0 aromatic carbocycles. The van der Waals surface area contributed by atoms with Crippen LogP contribution < -0.4 is 0 Å². The van der Waals surface area contributed by atoms with Crippen molar-refractivity contribution in [2.45, 2.75) is 111 Å².